The summed E-state index contributed by atoms with van der Waals surface area (Å²) >= 11 is 1.42. The van der Waals surface area contributed by atoms with Gasteiger partial charge in [-0.15, -0.1) is 17.8 Å². The number of benzene rings is 1. The normalized spacial score (nSPS) is 22.8. The number of hydrogen-bond acceptors (Lipinski definition) is 9. The van der Waals surface area contributed by atoms with Gasteiger partial charge in [0.05, 0.1) is 37.8 Å². The molecule has 1 aliphatic heterocycles. The van der Waals surface area contributed by atoms with Crippen LogP contribution in [0, 0.1) is 12.3 Å². The molecule has 4 heterocycles. The van der Waals surface area contributed by atoms with Crippen molar-refractivity contribution in [3.63, 3.8) is 0 Å². The van der Waals surface area contributed by atoms with Crippen molar-refractivity contribution in [1.29, 1.82) is 0 Å². The first kappa shape index (κ1) is 25.9. The quantitative estimate of drug-likeness (QED) is 0.354. The molecule has 12 heteroatoms. The van der Waals surface area contributed by atoms with Gasteiger partial charge in [-0.1, -0.05) is 5.92 Å². The third-order valence-electron chi connectivity index (χ3n) is 7.85. The molecular weight excluding hydrogens is 536 g/mol. The van der Waals surface area contributed by atoms with Gasteiger partial charge in [0, 0.05) is 30.7 Å². The van der Waals surface area contributed by atoms with E-state index in [1.54, 1.807) is 42.9 Å². The molecule has 4 aromatic rings. The maximum Gasteiger partial charge on any atom is 0.268 e. The van der Waals surface area contributed by atoms with Crippen molar-refractivity contribution < 1.29 is 13.5 Å². The van der Waals surface area contributed by atoms with Gasteiger partial charge in [0.25, 0.3) is 5.56 Å². The Hall–Kier alpha value is -3.37. The highest BCUT2D eigenvalue weighted by Crippen LogP contribution is 2.39. The number of anilines is 1. The van der Waals surface area contributed by atoms with Gasteiger partial charge in [-0.3, -0.25) is 9.36 Å². The zero-order chi connectivity index (χ0) is 27.4. The Kier molecular flexibility index (Phi) is 6.42. The third kappa shape index (κ3) is 4.59. The molecule has 1 saturated heterocycles. The van der Waals surface area contributed by atoms with E-state index in [0.29, 0.717) is 55.8 Å². The molecule has 1 aliphatic carbocycles. The second-order valence-electron chi connectivity index (χ2n) is 10.4. The van der Waals surface area contributed by atoms with Crippen molar-refractivity contribution in [3.8, 4) is 12.3 Å². The van der Waals surface area contributed by atoms with Gasteiger partial charge >= 0.3 is 0 Å². The van der Waals surface area contributed by atoms with E-state index < -0.39 is 21.7 Å². The second-order valence-corrected chi connectivity index (χ2v) is 13.2. The number of aliphatic hydroxyl groups is 1. The number of nitrogens with zero attached hydrogens (tertiary/aromatic N) is 5. The summed E-state index contributed by atoms with van der Waals surface area (Å²) in [7, 11) is -3.62. The number of pyridine rings is 1. The molecule has 3 aromatic heterocycles. The molecule has 1 aromatic carbocycles. The largest absolute Gasteiger partial charge is 0.388 e. The number of hydrogen-bond donors (Lipinski definition) is 2. The number of piperidine rings is 1. The smallest absolute Gasteiger partial charge is 0.268 e. The lowest BCUT2D eigenvalue weighted by Crippen LogP contribution is -2.42. The van der Waals surface area contributed by atoms with Gasteiger partial charge in [-0.25, -0.2) is 18.4 Å². The number of sulfonamides is 1. The number of aromatic nitrogens is 4. The van der Waals surface area contributed by atoms with Crippen LogP contribution in [-0.2, 0) is 10.0 Å². The first-order valence-electron chi connectivity index (χ1n) is 12.9. The van der Waals surface area contributed by atoms with Crippen LogP contribution in [0.25, 0.3) is 21.3 Å². The molecule has 6 rings (SSSR count). The molecule has 2 N–H and O–H groups in total. The number of terminal acetylenes is 1. The summed E-state index contributed by atoms with van der Waals surface area (Å²) in [5.41, 5.74) is 1.72. The molecule has 2 fully saturated rings. The van der Waals surface area contributed by atoms with Crippen molar-refractivity contribution in [1.82, 2.24) is 23.8 Å². The monoisotopic (exact) mass is 564 g/mol. The van der Waals surface area contributed by atoms with Gasteiger partial charge in [0.1, 0.15) is 5.65 Å². The molecular formula is C27H28N6O4S2. The van der Waals surface area contributed by atoms with Gasteiger partial charge in [0.15, 0.2) is 0 Å². The topological polar surface area (TPSA) is 130 Å². The fraction of sp³-hybridized carbons (Fsp3) is 0.407. The van der Waals surface area contributed by atoms with Crippen molar-refractivity contribution in [2.75, 3.05) is 18.4 Å². The van der Waals surface area contributed by atoms with Crippen molar-refractivity contribution in [3.05, 3.63) is 51.9 Å². The van der Waals surface area contributed by atoms with E-state index in [9.17, 15) is 18.3 Å². The predicted molar refractivity (Wildman–Crippen MR) is 150 cm³/mol. The van der Waals surface area contributed by atoms with Crippen LogP contribution in [0.2, 0.25) is 0 Å². The Morgan fingerprint density at radius 2 is 2.00 bits per heavy atom. The second kappa shape index (κ2) is 9.67. The maximum absolute atomic E-state index is 13.3. The van der Waals surface area contributed by atoms with Crippen LogP contribution in [0.3, 0.4) is 0 Å². The van der Waals surface area contributed by atoms with Crippen molar-refractivity contribution in [2.45, 2.75) is 61.6 Å². The fourth-order valence-electron chi connectivity index (χ4n) is 5.69. The molecule has 0 bridgehead atoms. The summed E-state index contributed by atoms with van der Waals surface area (Å²) in [5, 5.41) is 14.9. The molecule has 2 atom stereocenters. The van der Waals surface area contributed by atoms with Gasteiger partial charge in [0.2, 0.25) is 16.0 Å². The Morgan fingerprint density at radius 3 is 2.72 bits per heavy atom. The molecule has 0 amide bonds. The molecule has 10 nitrogen and oxygen atoms in total. The van der Waals surface area contributed by atoms with E-state index in [0.717, 1.165) is 16.6 Å². The number of rotatable bonds is 5. The molecule has 0 spiro atoms. The van der Waals surface area contributed by atoms with E-state index in [-0.39, 0.29) is 22.1 Å². The Labute approximate surface area is 229 Å². The van der Waals surface area contributed by atoms with Gasteiger partial charge in [-0.05, 0) is 63.3 Å². The standard InChI is InChI=1S/C27H28N6O4S2/c1-3-17-13-18-15-28-26(31-24(18)33(25(17)34)23-5-4-10-27(23,2)35)30-19-8-11-32(12-9-19)39(36,37)20-6-7-21-22(14-20)38-16-29-21/h1,6-7,13-16,19,23,35H,4-5,8-12H2,2H3,(H,28,30,31)/t23-,27-/m1/s1. The van der Waals surface area contributed by atoms with Crippen LogP contribution in [0.5, 0.6) is 0 Å². The first-order valence-corrected chi connectivity index (χ1v) is 15.2. The number of thiazole rings is 1. The first-order chi connectivity index (χ1) is 18.7. The zero-order valence-electron chi connectivity index (χ0n) is 21.4. The number of nitrogens with one attached hydrogen (secondary N) is 1. The van der Waals surface area contributed by atoms with Crippen LogP contribution in [-0.4, -0.2) is 62.1 Å². The van der Waals surface area contributed by atoms with Crippen LogP contribution in [0.4, 0.5) is 5.95 Å². The molecule has 202 valence electrons. The zero-order valence-corrected chi connectivity index (χ0v) is 23.0. The summed E-state index contributed by atoms with van der Waals surface area (Å²) in [4.78, 5) is 26.9. The highest BCUT2D eigenvalue weighted by molar-refractivity contribution is 7.89. The van der Waals surface area contributed by atoms with E-state index in [1.165, 1.54) is 20.2 Å². The summed E-state index contributed by atoms with van der Waals surface area (Å²) in [6.45, 7) is 2.45. The Bertz CT molecular complexity index is 1780. The molecule has 0 unspecified atom stereocenters. The summed E-state index contributed by atoms with van der Waals surface area (Å²) in [5.74, 6) is 2.80. The predicted octanol–water partition coefficient (Wildman–Crippen LogP) is 3.12. The Balaban J connectivity index is 1.23. The average Bonchev–Trinajstić information content (AvgIpc) is 3.54. The molecule has 1 saturated carbocycles. The minimum Gasteiger partial charge on any atom is -0.388 e. The maximum atomic E-state index is 13.3. The Morgan fingerprint density at radius 1 is 1.21 bits per heavy atom. The lowest BCUT2D eigenvalue weighted by atomic mass is 9.99. The van der Waals surface area contributed by atoms with Gasteiger partial charge < -0.3 is 10.4 Å². The lowest BCUT2D eigenvalue weighted by molar-refractivity contribution is 0.0266. The highest BCUT2D eigenvalue weighted by atomic mass is 32.2. The van der Waals surface area contributed by atoms with Gasteiger partial charge in [-0.2, -0.15) is 9.29 Å². The summed E-state index contributed by atoms with van der Waals surface area (Å²) in [6.07, 6.45) is 10.4. The third-order valence-corrected chi connectivity index (χ3v) is 10.5. The van der Waals surface area contributed by atoms with E-state index in [4.69, 9.17) is 6.42 Å². The molecule has 2 aliphatic rings. The summed E-state index contributed by atoms with van der Waals surface area (Å²) in [6, 6.07) is 6.15. The minimum absolute atomic E-state index is 0.0439. The fourth-order valence-corrected chi connectivity index (χ4v) is 7.98. The summed E-state index contributed by atoms with van der Waals surface area (Å²) < 4.78 is 30.4. The van der Waals surface area contributed by atoms with E-state index in [1.807, 2.05) is 0 Å². The van der Waals surface area contributed by atoms with Crippen LogP contribution in [0.1, 0.15) is 50.6 Å². The number of fused-ring (bicyclic) bond motifs is 2. The van der Waals surface area contributed by atoms with E-state index >= 15 is 0 Å². The lowest BCUT2D eigenvalue weighted by Gasteiger charge is -2.32. The molecule has 39 heavy (non-hydrogen) atoms. The minimum atomic E-state index is -3.62. The van der Waals surface area contributed by atoms with Crippen LogP contribution < -0.4 is 10.9 Å². The van der Waals surface area contributed by atoms with Crippen molar-refractivity contribution >= 4 is 48.6 Å². The average molecular weight is 565 g/mol. The van der Waals surface area contributed by atoms with Crippen LogP contribution in [0.15, 0.2) is 45.7 Å². The van der Waals surface area contributed by atoms with Crippen LogP contribution >= 0.6 is 11.3 Å². The SMILES string of the molecule is C#Cc1cc2cnc(NC3CCN(S(=O)(=O)c4ccc5ncsc5c4)CC3)nc2n([C@@H]2CCC[C@@]2(C)O)c1=O. The highest BCUT2D eigenvalue weighted by Gasteiger charge is 2.40. The molecule has 0 radical (unpaired) electrons. The van der Waals surface area contributed by atoms with E-state index in [2.05, 4.69) is 26.2 Å². The van der Waals surface area contributed by atoms with Crippen molar-refractivity contribution in [2.24, 2.45) is 0 Å².